The van der Waals surface area contributed by atoms with Gasteiger partial charge in [0.05, 0.1) is 6.54 Å². The van der Waals surface area contributed by atoms with E-state index in [1.165, 1.54) is 0 Å². The van der Waals surface area contributed by atoms with Gasteiger partial charge < -0.3 is 15.6 Å². The number of carbonyl (C=O) groups is 1. The predicted molar refractivity (Wildman–Crippen MR) is 90.7 cm³/mol. The zero-order valence-corrected chi connectivity index (χ0v) is 14.6. The molecule has 0 bridgehead atoms. The topological polar surface area (TPSA) is 118 Å². The van der Waals surface area contributed by atoms with Crippen LogP contribution in [-0.2, 0) is 26.6 Å². The maximum atomic E-state index is 12.0. The summed E-state index contributed by atoms with van der Waals surface area (Å²) >= 11 is 0. The van der Waals surface area contributed by atoms with E-state index in [0.29, 0.717) is 30.7 Å². The first-order valence-electron chi connectivity index (χ1n) is 8.71. The zero-order chi connectivity index (χ0) is 17.6. The molecule has 1 saturated carbocycles. The van der Waals surface area contributed by atoms with Crippen LogP contribution >= 0.6 is 0 Å². The highest BCUT2D eigenvalue weighted by molar-refractivity contribution is 5.93. The molecule has 0 unspecified atom stereocenters. The number of nitrogens with one attached hydrogen (secondary N) is 2. The Labute approximate surface area is 146 Å². The van der Waals surface area contributed by atoms with E-state index >= 15 is 0 Å². The van der Waals surface area contributed by atoms with Gasteiger partial charge in [-0.15, -0.1) is 10.2 Å². The zero-order valence-electron chi connectivity index (χ0n) is 14.6. The number of amides is 1. The minimum Gasteiger partial charge on any atom is -0.354 e. The average molecular weight is 344 g/mol. The summed E-state index contributed by atoms with van der Waals surface area (Å²) in [5.41, 5.74) is 8.42. The van der Waals surface area contributed by atoms with Crippen molar-refractivity contribution in [3.05, 3.63) is 28.6 Å². The Kier molecular flexibility index (Phi) is 4.04. The van der Waals surface area contributed by atoms with Gasteiger partial charge in [-0.05, 0) is 12.8 Å². The minimum atomic E-state index is -0.151. The maximum Gasteiger partial charge on any atom is 0.271 e. The Hall–Kier alpha value is -2.26. The largest absolute Gasteiger partial charge is 0.354 e. The molecule has 0 aromatic carbocycles. The van der Waals surface area contributed by atoms with Crippen LogP contribution in [0.4, 0.5) is 0 Å². The number of hydrogen-bond acceptors (Lipinski definition) is 6. The third-order valence-corrected chi connectivity index (χ3v) is 5.36. The Bertz CT molecular complexity index is 788. The molecule has 2 aromatic rings. The summed E-state index contributed by atoms with van der Waals surface area (Å²) in [7, 11) is 3.65. The molecule has 9 heteroatoms. The van der Waals surface area contributed by atoms with Crippen LogP contribution in [-0.4, -0.2) is 55.4 Å². The predicted octanol–water partition coefficient (Wildman–Crippen LogP) is -0.339. The SMILES string of the molecule is CNC(=O)c1n[nH]c2c1CN(Cc1nnc(C3CC(N)C3)n1C)CC2. The van der Waals surface area contributed by atoms with Gasteiger partial charge in [-0.3, -0.25) is 14.8 Å². The lowest BCUT2D eigenvalue weighted by atomic mass is 9.80. The van der Waals surface area contributed by atoms with Gasteiger partial charge >= 0.3 is 0 Å². The molecule has 0 saturated heterocycles. The van der Waals surface area contributed by atoms with E-state index < -0.39 is 0 Å². The van der Waals surface area contributed by atoms with Gasteiger partial charge in [0, 0.05) is 56.8 Å². The summed E-state index contributed by atoms with van der Waals surface area (Å²) in [5, 5.41) is 18.6. The molecule has 134 valence electrons. The van der Waals surface area contributed by atoms with Gasteiger partial charge in [0.15, 0.2) is 5.69 Å². The maximum absolute atomic E-state index is 12.0. The van der Waals surface area contributed by atoms with Gasteiger partial charge in [-0.2, -0.15) is 5.10 Å². The molecule has 4 N–H and O–H groups in total. The molecule has 1 aliphatic heterocycles. The number of rotatable bonds is 4. The number of nitrogens with two attached hydrogens (primary N) is 1. The molecule has 9 nitrogen and oxygen atoms in total. The molecule has 1 fully saturated rings. The first-order chi connectivity index (χ1) is 12.1. The van der Waals surface area contributed by atoms with Crippen LogP contribution in [0.1, 0.15) is 52.2 Å². The number of nitrogens with zero attached hydrogens (tertiary/aromatic N) is 5. The molecule has 25 heavy (non-hydrogen) atoms. The lowest BCUT2D eigenvalue weighted by molar-refractivity contribution is 0.0955. The van der Waals surface area contributed by atoms with Crippen molar-refractivity contribution in [1.29, 1.82) is 0 Å². The van der Waals surface area contributed by atoms with Crippen LogP contribution < -0.4 is 11.1 Å². The van der Waals surface area contributed by atoms with Crippen LogP contribution in [0.3, 0.4) is 0 Å². The minimum absolute atomic E-state index is 0.151. The molecule has 1 amide bonds. The van der Waals surface area contributed by atoms with Gasteiger partial charge in [-0.1, -0.05) is 0 Å². The van der Waals surface area contributed by atoms with Gasteiger partial charge in [0.1, 0.15) is 11.6 Å². The van der Waals surface area contributed by atoms with Crippen molar-refractivity contribution >= 4 is 5.91 Å². The molecule has 0 radical (unpaired) electrons. The molecule has 2 aromatic heterocycles. The Balaban J connectivity index is 1.48. The van der Waals surface area contributed by atoms with Gasteiger partial charge in [0.2, 0.25) is 0 Å². The first-order valence-corrected chi connectivity index (χ1v) is 8.71. The van der Waals surface area contributed by atoms with E-state index in [1.807, 2.05) is 7.05 Å². The second kappa shape index (κ2) is 6.23. The smallest absolute Gasteiger partial charge is 0.271 e. The van der Waals surface area contributed by atoms with E-state index in [-0.39, 0.29) is 5.91 Å². The highest BCUT2D eigenvalue weighted by Crippen LogP contribution is 2.34. The third-order valence-electron chi connectivity index (χ3n) is 5.36. The summed E-state index contributed by atoms with van der Waals surface area (Å²) in [6.45, 7) is 2.30. The van der Waals surface area contributed by atoms with Crippen molar-refractivity contribution in [1.82, 2.24) is 35.2 Å². The van der Waals surface area contributed by atoms with Gasteiger partial charge in [0.25, 0.3) is 5.91 Å². The van der Waals surface area contributed by atoms with Crippen molar-refractivity contribution in [2.45, 2.75) is 44.3 Å². The van der Waals surface area contributed by atoms with Crippen LogP contribution in [0.2, 0.25) is 0 Å². The Morgan fingerprint density at radius 2 is 2.20 bits per heavy atom. The molecule has 4 rings (SSSR count). The van der Waals surface area contributed by atoms with E-state index in [2.05, 4.69) is 35.2 Å². The second-order valence-electron chi connectivity index (χ2n) is 7.03. The monoisotopic (exact) mass is 344 g/mol. The lowest BCUT2D eigenvalue weighted by Crippen LogP contribution is -2.36. The van der Waals surface area contributed by atoms with E-state index in [9.17, 15) is 4.79 Å². The molecular formula is C16H24N8O. The second-order valence-corrected chi connectivity index (χ2v) is 7.03. The Morgan fingerprint density at radius 3 is 2.92 bits per heavy atom. The highest BCUT2D eigenvalue weighted by atomic mass is 16.1. The lowest BCUT2D eigenvalue weighted by Gasteiger charge is -2.31. The summed E-state index contributed by atoms with van der Waals surface area (Å²) in [5.74, 6) is 2.26. The molecule has 0 spiro atoms. The van der Waals surface area contributed by atoms with Crippen molar-refractivity contribution < 1.29 is 4.79 Å². The number of fused-ring (bicyclic) bond motifs is 1. The highest BCUT2D eigenvalue weighted by Gasteiger charge is 2.32. The molecule has 1 aliphatic carbocycles. The summed E-state index contributed by atoms with van der Waals surface area (Å²) in [6.07, 6.45) is 2.83. The number of aromatic amines is 1. The number of H-pyrrole nitrogens is 1. The van der Waals surface area contributed by atoms with Crippen LogP contribution in [0.15, 0.2) is 0 Å². The van der Waals surface area contributed by atoms with E-state index in [1.54, 1.807) is 7.05 Å². The van der Waals surface area contributed by atoms with Crippen molar-refractivity contribution in [2.24, 2.45) is 12.8 Å². The van der Waals surface area contributed by atoms with Crippen LogP contribution in [0, 0.1) is 0 Å². The molecular weight excluding hydrogens is 320 g/mol. The standard InChI is InChI=1S/C16H24N8O/c1-18-16(25)14-11-7-24(4-3-12(11)19-21-14)8-13-20-22-15(23(13)2)9-5-10(17)6-9/h9-10H,3-8,17H2,1-2H3,(H,18,25)(H,19,21). The van der Waals surface area contributed by atoms with E-state index in [0.717, 1.165) is 48.7 Å². The fourth-order valence-electron chi connectivity index (χ4n) is 3.73. The van der Waals surface area contributed by atoms with Crippen molar-refractivity contribution in [2.75, 3.05) is 13.6 Å². The first kappa shape index (κ1) is 16.2. The summed E-state index contributed by atoms with van der Waals surface area (Å²) in [6, 6.07) is 0.301. The average Bonchev–Trinajstić information content (AvgIpc) is 3.15. The van der Waals surface area contributed by atoms with E-state index in [4.69, 9.17) is 5.73 Å². The van der Waals surface area contributed by atoms with Gasteiger partial charge in [-0.25, -0.2) is 0 Å². The number of carbonyl (C=O) groups excluding carboxylic acids is 1. The van der Waals surface area contributed by atoms with Crippen LogP contribution in [0.5, 0.6) is 0 Å². The normalized spacial score (nSPS) is 23.2. The summed E-state index contributed by atoms with van der Waals surface area (Å²) < 4.78 is 2.10. The summed E-state index contributed by atoms with van der Waals surface area (Å²) in [4.78, 5) is 14.2. The number of aromatic nitrogens is 5. The third kappa shape index (κ3) is 2.83. The molecule has 2 aliphatic rings. The van der Waals surface area contributed by atoms with Crippen molar-refractivity contribution in [3.8, 4) is 0 Å². The quantitative estimate of drug-likeness (QED) is 0.698. The fraction of sp³-hybridized carbons (Fsp3) is 0.625. The number of hydrogen-bond donors (Lipinski definition) is 3. The van der Waals surface area contributed by atoms with Crippen LogP contribution in [0.25, 0.3) is 0 Å². The molecule has 3 heterocycles. The fourth-order valence-corrected chi connectivity index (χ4v) is 3.73. The van der Waals surface area contributed by atoms with Crippen molar-refractivity contribution in [3.63, 3.8) is 0 Å². The Morgan fingerprint density at radius 1 is 1.40 bits per heavy atom. The molecule has 0 atom stereocenters.